The van der Waals surface area contributed by atoms with Gasteiger partial charge in [-0.15, -0.1) is 0 Å². The highest BCUT2D eigenvalue weighted by Crippen LogP contribution is 2.45. The molecule has 0 saturated carbocycles. The Kier molecular flexibility index (Phi) is 2.32. The minimum atomic E-state index is -2.30. The van der Waals surface area contributed by atoms with Crippen molar-refractivity contribution < 1.29 is 35.6 Å². The molecule has 7 nitrogen and oxygen atoms in total. The first kappa shape index (κ1) is 10.3. The van der Waals surface area contributed by atoms with Crippen molar-refractivity contribution in [1.29, 1.82) is 0 Å². The summed E-state index contributed by atoms with van der Waals surface area (Å²) < 4.78 is 0. The average molecular weight is 202 g/mol. The molecule has 0 atom stereocenters. The normalized spacial score (nSPS) is 10.1. The molecule has 0 amide bonds. The topological polar surface area (TPSA) is 142 Å². The standard InChI is InChI=1S/C6H7BO7/c8-2-1(7(13)14)3(9)5(11)6(12)4(2)10/h8-14H. The van der Waals surface area contributed by atoms with Crippen molar-refractivity contribution in [3.8, 4) is 28.7 Å². The third-order valence-corrected chi connectivity index (χ3v) is 1.67. The van der Waals surface area contributed by atoms with Crippen molar-refractivity contribution in [2.24, 2.45) is 0 Å². The molecule has 0 radical (unpaired) electrons. The Bertz CT molecular complexity index is 346. The van der Waals surface area contributed by atoms with Crippen LogP contribution in [-0.2, 0) is 0 Å². The first-order valence-corrected chi connectivity index (χ1v) is 3.42. The van der Waals surface area contributed by atoms with Gasteiger partial charge in [-0.25, -0.2) is 0 Å². The number of rotatable bonds is 1. The Morgan fingerprint density at radius 3 is 1.14 bits per heavy atom. The van der Waals surface area contributed by atoms with E-state index in [2.05, 4.69) is 0 Å². The van der Waals surface area contributed by atoms with Gasteiger partial charge in [-0.05, 0) is 0 Å². The van der Waals surface area contributed by atoms with E-state index in [-0.39, 0.29) is 0 Å². The van der Waals surface area contributed by atoms with E-state index < -0.39 is 41.3 Å². The highest BCUT2D eigenvalue weighted by atomic mass is 16.4. The average Bonchev–Trinajstić information content (AvgIpc) is 2.11. The van der Waals surface area contributed by atoms with E-state index in [0.29, 0.717) is 0 Å². The number of hydrogen-bond acceptors (Lipinski definition) is 7. The van der Waals surface area contributed by atoms with E-state index in [0.717, 1.165) is 0 Å². The molecule has 0 unspecified atom stereocenters. The lowest BCUT2D eigenvalue weighted by molar-refractivity contribution is 0.328. The van der Waals surface area contributed by atoms with Gasteiger partial charge in [-0.3, -0.25) is 0 Å². The van der Waals surface area contributed by atoms with Crippen LogP contribution in [0.3, 0.4) is 0 Å². The van der Waals surface area contributed by atoms with Crippen LogP contribution in [0, 0.1) is 0 Å². The zero-order chi connectivity index (χ0) is 11.0. The number of benzene rings is 1. The molecule has 0 saturated heterocycles. The second-order valence-corrected chi connectivity index (χ2v) is 2.53. The van der Waals surface area contributed by atoms with Gasteiger partial charge in [-0.2, -0.15) is 0 Å². The van der Waals surface area contributed by atoms with Crippen LogP contribution < -0.4 is 5.46 Å². The minimum Gasteiger partial charge on any atom is -0.504 e. The molecule has 0 bridgehead atoms. The van der Waals surface area contributed by atoms with Crippen LogP contribution in [0.25, 0.3) is 0 Å². The molecule has 0 aliphatic heterocycles. The SMILES string of the molecule is OB(O)c1c(O)c(O)c(O)c(O)c1O. The van der Waals surface area contributed by atoms with Gasteiger partial charge >= 0.3 is 7.12 Å². The summed E-state index contributed by atoms with van der Waals surface area (Å²) in [6.45, 7) is 0. The second-order valence-electron chi connectivity index (χ2n) is 2.53. The van der Waals surface area contributed by atoms with Gasteiger partial charge in [0, 0.05) is 0 Å². The molecule has 1 aromatic rings. The number of hydrogen-bond donors (Lipinski definition) is 7. The predicted octanol–water partition coefficient (Wildman–Crippen LogP) is -2.11. The number of phenolic OH excluding ortho intramolecular Hbond substituents is 5. The van der Waals surface area contributed by atoms with Crippen molar-refractivity contribution in [1.82, 2.24) is 0 Å². The van der Waals surface area contributed by atoms with Crippen LogP contribution in [0.4, 0.5) is 0 Å². The summed E-state index contributed by atoms with van der Waals surface area (Å²) in [7, 11) is -2.30. The van der Waals surface area contributed by atoms with Gasteiger partial charge in [0.05, 0.1) is 5.46 Å². The Morgan fingerprint density at radius 2 is 0.857 bits per heavy atom. The van der Waals surface area contributed by atoms with Gasteiger partial charge in [-0.1, -0.05) is 0 Å². The quantitative estimate of drug-likeness (QED) is 0.157. The summed E-state index contributed by atoms with van der Waals surface area (Å²) in [6.07, 6.45) is 0. The molecule has 8 heteroatoms. The van der Waals surface area contributed by atoms with Crippen LogP contribution in [0.15, 0.2) is 0 Å². The Hall–Kier alpha value is -1.80. The molecular formula is C6H7BO7. The fourth-order valence-corrected chi connectivity index (χ4v) is 0.948. The van der Waals surface area contributed by atoms with E-state index in [1.807, 2.05) is 0 Å². The molecule has 14 heavy (non-hydrogen) atoms. The third kappa shape index (κ3) is 1.26. The molecule has 0 aliphatic rings. The summed E-state index contributed by atoms with van der Waals surface area (Å²) in [6, 6.07) is 0. The lowest BCUT2D eigenvalue weighted by Crippen LogP contribution is -2.30. The molecule has 0 fully saturated rings. The van der Waals surface area contributed by atoms with Crippen LogP contribution in [-0.4, -0.2) is 42.7 Å². The first-order chi connectivity index (χ1) is 6.37. The van der Waals surface area contributed by atoms with Crippen molar-refractivity contribution in [2.75, 3.05) is 0 Å². The Morgan fingerprint density at radius 1 is 0.571 bits per heavy atom. The largest absolute Gasteiger partial charge is 0.504 e. The molecule has 1 rings (SSSR count). The van der Waals surface area contributed by atoms with Gasteiger partial charge in [0.15, 0.2) is 11.5 Å². The molecule has 1 aromatic carbocycles. The van der Waals surface area contributed by atoms with Crippen molar-refractivity contribution in [3.63, 3.8) is 0 Å². The molecule has 76 valence electrons. The van der Waals surface area contributed by atoms with Crippen LogP contribution in [0.2, 0.25) is 0 Å². The summed E-state index contributed by atoms with van der Waals surface area (Å²) in [5.41, 5.74) is -0.891. The minimum absolute atomic E-state index is 0.891. The Balaban J connectivity index is 3.60. The molecular weight excluding hydrogens is 195 g/mol. The van der Waals surface area contributed by atoms with Gasteiger partial charge < -0.3 is 35.6 Å². The molecule has 0 aromatic heterocycles. The van der Waals surface area contributed by atoms with Crippen molar-refractivity contribution in [2.45, 2.75) is 0 Å². The zero-order valence-electron chi connectivity index (χ0n) is 6.71. The van der Waals surface area contributed by atoms with E-state index >= 15 is 0 Å². The number of aromatic hydroxyl groups is 5. The fraction of sp³-hybridized carbons (Fsp3) is 0. The van der Waals surface area contributed by atoms with E-state index in [4.69, 9.17) is 35.6 Å². The van der Waals surface area contributed by atoms with Crippen LogP contribution in [0.5, 0.6) is 28.7 Å². The molecule has 0 heterocycles. The van der Waals surface area contributed by atoms with Crippen molar-refractivity contribution >= 4 is 12.6 Å². The maximum absolute atomic E-state index is 9.05. The predicted molar refractivity (Wildman–Crippen MR) is 44.6 cm³/mol. The smallest absolute Gasteiger partial charge is 0.496 e. The monoisotopic (exact) mass is 202 g/mol. The third-order valence-electron chi connectivity index (χ3n) is 1.67. The summed E-state index contributed by atoms with van der Waals surface area (Å²) in [4.78, 5) is 0. The fourth-order valence-electron chi connectivity index (χ4n) is 0.948. The first-order valence-electron chi connectivity index (χ1n) is 3.42. The van der Waals surface area contributed by atoms with Crippen LogP contribution in [0.1, 0.15) is 0 Å². The van der Waals surface area contributed by atoms with E-state index in [1.165, 1.54) is 0 Å². The van der Waals surface area contributed by atoms with E-state index in [9.17, 15) is 0 Å². The van der Waals surface area contributed by atoms with Crippen molar-refractivity contribution in [3.05, 3.63) is 0 Å². The maximum Gasteiger partial charge on any atom is 0.496 e. The summed E-state index contributed by atoms with van der Waals surface area (Å²) in [5, 5.41) is 62.2. The second kappa shape index (κ2) is 3.16. The lowest BCUT2D eigenvalue weighted by atomic mass is 9.78. The zero-order valence-corrected chi connectivity index (χ0v) is 6.71. The lowest BCUT2D eigenvalue weighted by Gasteiger charge is -2.11. The summed E-state index contributed by atoms with van der Waals surface area (Å²) >= 11 is 0. The Labute approximate surface area is 77.9 Å². The maximum atomic E-state index is 9.05. The molecule has 0 aliphatic carbocycles. The summed E-state index contributed by atoms with van der Waals surface area (Å²) in [5.74, 6) is -5.68. The molecule has 7 N–H and O–H groups in total. The highest BCUT2D eigenvalue weighted by molar-refractivity contribution is 6.61. The molecule has 0 spiro atoms. The highest BCUT2D eigenvalue weighted by Gasteiger charge is 2.29. The van der Waals surface area contributed by atoms with Gasteiger partial charge in [0.1, 0.15) is 0 Å². The van der Waals surface area contributed by atoms with E-state index in [1.54, 1.807) is 0 Å². The van der Waals surface area contributed by atoms with Gasteiger partial charge in [0.2, 0.25) is 17.2 Å². The van der Waals surface area contributed by atoms with Gasteiger partial charge in [0.25, 0.3) is 0 Å². The van der Waals surface area contributed by atoms with Crippen LogP contribution >= 0.6 is 0 Å². The number of phenols is 5.